The van der Waals surface area contributed by atoms with Gasteiger partial charge in [0.05, 0.1) is 18.3 Å². The third-order valence-corrected chi connectivity index (χ3v) is 5.79. The predicted octanol–water partition coefficient (Wildman–Crippen LogP) is 4.20. The van der Waals surface area contributed by atoms with Crippen LogP contribution in [-0.2, 0) is 11.2 Å². The molecule has 1 aromatic carbocycles. The van der Waals surface area contributed by atoms with Crippen LogP contribution in [0.5, 0.6) is 0 Å². The Morgan fingerprint density at radius 2 is 2.12 bits per heavy atom. The molecule has 1 saturated heterocycles. The Kier molecular flexibility index (Phi) is 5.14. The second kappa shape index (κ2) is 7.53. The van der Waals surface area contributed by atoms with Crippen molar-refractivity contribution in [2.45, 2.75) is 32.7 Å². The highest BCUT2D eigenvalue weighted by Gasteiger charge is 2.31. The van der Waals surface area contributed by atoms with Crippen molar-refractivity contribution in [2.75, 3.05) is 19.7 Å². The SMILES string of the molecule is CC1CC=CC2Cc3cc(Cl)ccc3N=C(OCC3CNC3)C(=N1)C2C. The molecule has 0 radical (unpaired) electrons. The fraction of sp³-hybridized carbons (Fsp3) is 0.524. The molecule has 0 aromatic heterocycles. The van der Waals surface area contributed by atoms with Gasteiger partial charge in [-0.1, -0.05) is 30.7 Å². The first-order chi connectivity index (χ1) is 12.6. The summed E-state index contributed by atoms with van der Waals surface area (Å²) in [6, 6.07) is 6.18. The van der Waals surface area contributed by atoms with E-state index in [-0.39, 0.29) is 12.0 Å². The van der Waals surface area contributed by atoms with Crippen LogP contribution < -0.4 is 5.32 Å². The minimum Gasteiger partial charge on any atom is -0.476 e. The van der Waals surface area contributed by atoms with Crippen LogP contribution in [-0.4, -0.2) is 37.3 Å². The van der Waals surface area contributed by atoms with Gasteiger partial charge >= 0.3 is 0 Å². The van der Waals surface area contributed by atoms with Crippen molar-refractivity contribution in [2.24, 2.45) is 27.7 Å². The van der Waals surface area contributed by atoms with Gasteiger partial charge in [0.15, 0.2) is 0 Å². The number of hydrogen-bond donors (Lipinski definition) is 1. The van der Waals surface area contributed by atoms with Crippen LogP contribution in [0.1, 0.15) is 25.8 Å². The van der Waals surface area contributed by atoms with Gasteiger partial charge in [-0.2, -0.15) is 0 Å². The van der Waals surface area contributed by atoms with Crippen molar-refractivity contribution in [3.05, 3.63) is 40.9 Å². The van der Waals surface area contributed by atoms with Crippen LogP contribution in [0.4, 0.5) is 5.69 Å². The number of allylic oxidation sites excluding steroid dienone is 1. The number of nitrogens with one attached hydrogen (secondary N) is 1. The standard InChI is InChI=1S/C21H26ClN3O/c1-13-4-3-5-16-8-17-9-18(22)6-7-19(17)25-21(20(24-13)14(16)2)26-12-15-10-23-11-15/h3,5-7,9,13-16,23H,4,8,10-12H2,1-2H3. The second-order valence-electron chi connectivity index (χ2n) is 7.71. The number of benzene rings is 1. The van der Waals surface area contributed by atoms with Crippen LogP contribution in [0.15, 0.2) is 40.3 Å². The Morgan fingerprint density at radius 3 is 2.88 bits per heavy atom. The molecule has 1 N–H and O–H groups in total. The lowest BCUT2D eigenvalue weighted by Gasteiger charge is -2.31. The molecule has 0 aliphatic carbocycles. The summed E-state index contributed by atoms with van der Waals surface area (Å²) in [5.74, 6) is 1.89. The van der Waals surface area contributed by atoms with Gasteiger partial charge in [0.25, 0.3) is 0 Å². The van der Waals surface area contributed by atoms with Crippen LogP contribution >= 0.6 is 11.6 Å². The lowest BCUT2D eigenvalue weighted by atomic mass is 9.82. The van der Waals surface area contributed by atoms with E-state index in [1.54, 1.807) is 0 Å². The van der Waals surface area contributed by atoms with E-state index in [9.17, 15) is 0 Å². The summed E-state index contributed by atoms with van der Waals surface area (Å²) in [7, 11) is 0. The van der Waals surface area contributed by atoms with Crippen LogP contribution in [0.3, 0.4) is 0 Å². The molecule has 3 atom stereocenters. The van der Waals surface area contributed by atoms with Crippen LogP contribution in [0.2, 0.25) is 5.02 Å². The summed E-state index contributed by atoms with van der Waals surface area (Å²) >= 11 is 6.26. The monoisotopic (exact) mass is 371 g/mol. The second-order valence-corrected chi connectivity index (χ2v) is 8.15. The third-order valence-electron chi connectivity index (χ3n) is 5.55. The van der Waals surface area contributed by atoms with Crippen molar-refractivity contribution in [3.63, 3.8) is 0 Å². The Hall–Kier alpha value is -1.65. The number of aliphatic imine (C=N–C) groups is 2. The van der Waals surface area contributed by atoms with Crippen LogP contribution in [0, 0.1) is 17.8 Å². The summed E-state index contributed by atoms with van der Waals surface area (Å²) in [6.45, 7) is 7.12. The molecule has 3 unspecified atom stereocenters. The summed E-state index contributed by atoms with van der Waals surface area (Å²) in [5.41, 5.74) is 3.14. The van der Waals surface area contributed by atoms with Gasteiger partial charge in [-0.3, -0.25) is 4.99 Å². The van der Waals surface area contributed by atoms with E-state index in [4.69, 9.17) is 26.3 Å². The molecule has 0 saturated carbocycles. The lowest BCUT2D eigenvalue weighted by molar-refractivity contribution is 0.192. The molecule has 3 heterocycles. The summed E-state index contributed by atoms with van der Waals surface area (Å²) in [4.78, 5) is 9.91. The molecular formula is C21H26ClN3O. The first-order valence-electron chi connectivity index (χ1n) is 9.55. The van der Waals surface area contributed by atoms with Gasteiger partial charge < -0.3 is 10.1 Å². The first-order valence-corrected chi connectivity index (χ1v) is 9.93. The number of fused-ring (bicyclic) bond motifs is 3. The summed E-state index contributed by atoms with van der Waals surface area (Å²) in [6.07, 6.45) is 6.49. The Labute approximate surface area is 160 Å². The number of nitrogens with zero attached hydrogens (tertiary/aromatic N) is 2. The summed E-state index contributed by atoms with van der Waals surface area (Å²) in [5, 5.41) is 4.05. The van der Waals surface area contributed by atoms with Crippen LogP contribution in [0.25, 0.3) is 0 Å². The largest absolute Gasteiger partial charge is 0.476 e. The minimum absolute atomic E-state index is 0.243. The molecule has 26 heavy (non-hydrogen) atoms. The molecular weight excluding hydrogens is 346 g/mol. The van der Waals surface area contributed by atoms with E-state index in [0.29, 0.717) is 24.3 Å². The number of rotatable bonds is 2. The quantitative estimate of drug-likeness (QED) is 0.792. The molecule has 2 bridgehead atoms. The van der Waals surface area contributed by atoms with Crippen molar-refractivity contribution in [1.29, 1.82) is 0 Å². The third kappa shape index (κ3) is 3.72. The average Bonchev–Trinajstić information content (AvgIpc) is 2.55. The Bertz CT molecular complexity index is 767. The molecule has 1 fully saturated rings. The fourth-order valence-corrected chi connectivity index (χ4v) is 3.93. The van der Waals surface area contributed by atoms with Crippen molar-refractivity contribution < 1.29 is 4.74 Å². The van der Waals surface area contributed by atoms with E-state index in [0.717, 1.165) is 42.4 Å². The van der Waals surface area contributed by atoms with E-state index in [1.165, 1.54) is 5.56 Å². The average molecular weight is 372 g/mol. The maximum absolute atomic E-state index is 6.26. The van der Waals surface area contributed by atoms with E-state index in [2.05, 4.69) is 31.3 Å². The van der Waals surface area contributed by atoms with Crippen molar-refractivity contribution in [1.82, 2.24) is 5.32 Å². The molecule has 4 nitrogen and oxygen atoms in total. The molecule has 4 rings (SSSR count). The van der Waals surface area contributed by atoms with Gasteiger partial charge in [0.2, 0.25) is 5.90 Å². The van der Waals surface area contributed by atoms with Crippen molar-refractivity contribution >= 4 is 28.9 Å². The Balaban J connectivity index is 1.77. The normalized spacial score (nSPS) is 28.5. The maximum atomic E-state index is 6.26. The van der Waals surface area contributed by atoms with Crippen molar-refractivity contribution in [3.8, 4) is 0 Å². The lowest BCUT2D eigenvalue weighted by Crippen LogP contribution is -2.45. The first kappa shape index (κ1) is 17.7. The van der Waals surface area contributed by atoms with E-state index < -0.39 is 0 Å². The molecule has 0 amide bonds. The summed E-state index contributed by atoms with van der Waals surface area (Å²) < 4.78 is 6.23. The molecule has 1 aromatic rings. The highest BCUT2D eigenvalue weighted by molar-refractivity contribution is 6.40. The molecule has 3 aliphatic heterocycles. The minimum atomic E-state index is 0.243. The van der Waals surface area contributed by atoms with E-state index in [1.807, 2.05) is 18.2 Å². The molecule has 0 spiro atoms. The van der Waals surface area contributed by atoms with Gasteiger partial charge in [0, 0.05) is 29.9 Å². The predicted molar refractivity (Wildman–Crippen MR) is 108 cm³/mol. The fourth-order valence-electron chi connectivity index (χ4n) is 3.74. The smallest absolute Gasteiger partial charge is 0.236 e. The molecule has 138 valence electrons. The molecule has 3 aliphatic rings. The number of halogens is 1. The molecule has 5 heteroatoms. The highest BCUT2D eigenvalue weighted by atomic mass is 35.5. The zero-order valence-corrected chi connectivity index (χ0v) is 16.2. The maximum Gasteiger partial charge on any atom is 0.236 e. The van der Waals surface area contributed by atoms with Gasteiger partial charge in [-0.05, 0) is 49.4 Å². The van der Waals surface area contributed by atoms with Gasteiger partial charge in [-0.25, -0.2) is 4.99 Å². The van der Waals surface area contributed by atoms with Gasteiger partial charge in [-0.15, -0.1) is 0 Å². The zero-order chi connectivity index (χ0) is 18.1. The zero-order valence-electron chi connectivity index (χ0n) is 15.4. The van der Waals surface area contributed by atoms with E-state index >= 15 is 0 Å². The Morgan fingerprint density at radius 1 is 1.27 bits per heavy atom. The highest BCUT2D eigenvalue weighted by Crippen LogP contribution is 2.33. The number of ether oxygens (including phenoxy) is 1. The van der Waals surface area contributed by atoms with Gasteiger partial charge in [0.1, 0.15) is 5.71 Å². The topological polar surface area (TPSA) is 46.0 Å². The number of hydrogen-bond acceptors (Lipinski definition) is 4.